The van der Waals surface area contributed by atoms with Gasteiger partial charge in [0.1, 0.15) is 0 Å². The molecule has 0 atom stereocenters. The van der Waals surface area contributed by atoms with E-state index in [-0.39, 0.29) is 5.56 Å². The number of rotatable bonds is 1. The van der Waals surface area contributed by atoms with E-state index in [4.69, 9.17) is 6.15 Å². The van der Waals surface area contributed by atoms with Crippen molar-refractivity contribution in [1.29, 1.82) is 0 Å². The summed E-state index contributed by atoms with van der Waals surface area (Å²) in [6.45, 7) is 0.697. The summed E-state index contributed by atoms with van der Waals surface area (Å²) in [6.07, 6.45) is -1.45. The molecule has 3 nitrogen and oxygen atoms in total. The number of H-pyrrole nitrogens is 1. The van der Waals surface area contributed by atoms with Crippen molar-refractivity contribution < 1.29 is 19.3 Å². The van der Waals surface area contributed by atoms with Crippen LogP contribution in [0.3, 0.4) is 0 Å². The van der Waals surface area contributed by atoms with E-state index in [1.54, 1.807) is 6.08 Å². The Morgan fingerprint density at radius 2 is 2.33 bits per heavy atom. The summed E-state index contributed by atoms with van der Waals surface area (Å²) < 4.78 is 49.9. The standard InChI is InChI=1S/C9H9F3N2O/c10-9(11,12)8-7(5-13-14-8)6-1-3-15-4-2-6/h1,5H,2-4H2,(H,13,14)/i/hD. The van der Waals surface area contributed by atoms with Crippen molar-refractivity contribution in [2.24, 2.45) is 0 Å². The minimum atomic E-state index is -4.53. The van der Waals surface area contributed by atoms with E-state index >= 15 is 0 Å². The summed E-state index contributed by atoms with van der Waals surface area (Å²) in [5, 5.41) is 3.57. The first-order chi connectivity index (χ1) is 7.48. The number of nitrogens with zero attached hydrogens (tertiary/aromatic N) is 1. The van der Waals surface area contributed by atoms with Gasteiger partial charge in [0.2, 0.25) is 0 Å². The SMILES string of the molecule is [2H]n1cc(C2=CCOCC2)c(C(F)(F)F)n1. The first kappa shape index (κ1) is 8.96. The zero-order valence-electron chi connectivity index (χ0n) is 8.71. The van der Waals surface area contributed by atoms with Crippen LogP contribution in [0.1, 0.15) is 17.7 Å². The molecule has 1 aliphatic rings. The van der Waals surface area contributed by atoms with Gasteiger partial charge >= 0.3 is 6.18 Å². The molecule has 0 aromatic carbocycles. The highest BCUT2D eigenvalue weighted by Crippen LogP contribution is 2.34. The van der Waals surface area contributed by atoms with Crippen LogP contribution >= 0.6 is 0 Å². The van der Waals surface area contributed by atoms with Crippen LogP contribution < -0.4 is 0 Å². The molecule has 0 fully saturated rings. The number of hydrogen-bond donors (Lipinski definition) is 1. The van der Waals surface area contributed by atoms with E-state index in [1.807, 2.05) is 0 Å². The third-order valence-electron chi connectivity index (χ3n) is 2.18. The fraction of sp³-hybridized carbons (Fsp3) is 0.444. The Morgan fingerprint density at radius 3 is 2.93 bits per heavy atom. The lowest BCUT2D eigenvalue weighted by Gasteiger charge is -2.14. The summed E-state index contributed by atoms with van der Waals surface area (Å²) in [7, 11) is 0. The molecular weight excluding hydrogens is 209 g/mol. The molecule has 1 N–H and O–H groups in total. The van der Waals surface area contributed by atoms with Gasteiger partial charge in [-0.3, -0.25) is 5.09 Å². The molecule has 0 bridgehead atoms. The lowest BCUT2D eigenvalue weighted by atomic mass is 10.0. The molecule has 15 heavy (non-hydrogen) atoms. The summed E-state index contributed by atoms with van der Waals surface area (Å²) >= 11 is 0. The summed E-state index contributed by atoms with van der Waals surface area (Å²) in [5.74, 6) is 0. The average Bonchev–Trinajstić information content (AvgIpc) is 2.61. The number of aromatic amines is 1. The van der Waals surface area contributed by atoms with Crippen LogP contribution in [0.4, 0.5) is 13.2 Å². The second-order valence-electron chi connectivity index (χ2n) is 3.16. The van der Waals surface area contributed by atoms with Gasteiger partial charge in [-0.2, -0.15) is 18.3 Å². The van der Waals surface area contributed by atoms with Gasteiger partial charge in [0, 0.05) is 11.8 Å². The Labute approximate surface area is 85.4 Å². The third kappa shape index (κ3) is 2.04. The normalized spacial score (nSPS) is 18.6. The molecule has 0 radical (unpaired) electrons. The number of nitrogens with one attached hydrogen (secondary N) is 1. The predicted octanol–water partition coefficient (Wildman–Crippen LogP) is 2.23. The van der Waals surface area contributed by atoms with E-state index in [0.29, 0.717) is 30.3 Å². The Hall–Kier alpha value is -1.30. The molecule has 2 rings (SSSR count). The fourth-order valence-electron chi connectivity index (χ4n) is 1.48. The van der Waals surface area contributed by atoms with E-state index in [9.17, 15) is 13.2 Å². The minimum Gasteiger partial charge on any atom is -0.377 e. The molecule has 1 aromatic rings. The number of alkyl halides is 3. The van der Waals surface area contributed by atoms with E-state index in [2.05, 4.69) is 5.10 Å². The molecule has 1 aliphatic heterocycles. The molecule has 6 heteroatoms. The highest BCUT2D eigenvalue weighted by atomic mass is 19.4. The van der Waals surface area contributed by atoms with Gasteiger partial charge in [0.25, 0.3) is 0 Å². The highest BCUT2D eigenvalue weighted by molar-refractivity contribution is 5.67. The maximum Gasteiger partial charge on any atom is 0.435 e. The van der Waals surface area contributed by atoms with Gasteiger partial charge in [0.05, 0.1) is 13.2 Å². The summed E-state index contributed by atoms with van der Waals surface area (Å²) in [4.78, 5) is 0. The first-order valence-electron chi connectivity index (χ1n) is 4.86. The summed E-state index contributed by atoms with van der Waals surface area (Å²) in [5.41, 5.74) is -0.487. The van der Waals surface area contributed by atoms with E-state index < -0.39 is 11.9 Å². The zero-order valence-corrected chi connectivity index (χ0v) is 7.71. The molecule has 0 unspecified atom stereocenters. The number of aromatic nitrogens is 2. The Balaban J connectivity index is 2.43. The average molecular weight is 219 g/mol. The smallest absolute Gasteiger partial charge is 0.377 e. The Kier molecular flexibility index (Phi) is 2.21. The van der Waals surface area contributed by atoms with Crippen LogP contribution in [-0.2, 0) is 10.9 Å². The van der Waals surface area contributed by atoms with Gasteiger partial charge in [0.15, 0.2) is 7.11 Å². The third-order valence-corrected chi connectivity index (χ3v) is 2.18. The lowest BCUT2D eigenvalue weighted by Crippen LogP contribution is -2.11. The van der Waals surface area contributed by atoms with Crippen molar-refractivity contribution in [2.45, 2.75) is 12.6 Å². The van der Waals surface area contributed by atoms with Crippen molar-refractivity contribution in [3.8, 4) is 0 Å². The molecule has 0 spiro atoms. The van der Waals surface area contributed by atoms with Crippen molar-refractivity contribution in [3.05, 3.63) is 23.5 Å². The van der Waals surface area contributed by atoms with Crippen molar-refractivity contribution >= 4 is 5.57 Å². The molecule has 0 amide bonds. The molecule has 0 saturated heterocycles. The van der Waals surface area contributed by atoms with Gasteiger partial charge < -0.3 is 4.74 Å². The minimum absolute atomic E-state index is 0.0224. The van der Waals surface area contributed by atoms with Gasteiger partial charge in [-0.1, -0.05) is 6.08 Å². The molecule has 0 saturated carbocycles. The topological polar surface area (TPSA) is 37.9 Å². The van der Waals surface area contributed by atoms with Crippen molar-refractivity contribution in [2.75, 3.05) is 13.2 Å². The lowest BCUT2D eigenvalue weighted by molar-refractivity contribution is -0.141. The van der Waals surface area contributed by atoms with Crippen LogP contribution in [-0.4, -0.2) is 23.4 Å². The van der Waals surface area contributed by atoms with Gasteiger partial charge in [-0.05, 0) is 12.0 Å². The maximum atomic E-state index is 12.6. The van der Waals surface area contributed by atoms with Crippen LogP contribution in [0.5, 0.6) is 0 Å². The predicted molar refractivity (Wildman–Crippen MR) is 47.0 cm³/mol. The quantitative estimate of drug-likeness (QED) is 0.786. The number of halogens is 3. The van der Waals surface area contributed by atoms with Crippen LogP contribution in [0.2, 0.25) is 1.41 Å². The van der Waals surface area contributed by atoms with Gasteiger partial charge in [-0.25, -0.2) is 0 Å². The Bertz CT molecular complexity index is 425. The largest absolute Gasteiger partial charge is 0.435 e. The molecule has 2 heterocycles. The first-order valence-corrected chi connectivity index (χ1v) is 4.42. The molecule has 82 valence electrons. The monoisotopic (exact) mass is 219 g/mol. The van der Waals surface area contributed by atoms with Crippen molar-refractivity contribution in [1.82, 2.24) is 10.2 Å². The molecule has 0 aliphatic carbocycles. The molecule has 1 aromatic heterocycles. The van der Waals surface area contributed by atoms with Crippen LogP contribution in [0.25, 0.3) is 5.57 Å². The van der Waals surface area contributed by atoms with Crippen LogP contribution in [0.15, 0.2) is 12.3 Å². The van der Waals surface area contributed by atoms with Crippen molar-refractivity contribution in [3.63, 3.8) is 0 Å². The molecular formula is C9H9F3N2O. The fourth-order valence-corrected chi connectivity index (χ4v) is 1.48. The number of hydrogen-bond acceptors (Lipinski definition) is 2. The Morgan fingerprint density at radius 1 is 1.53 bits per heavy atom. The maximum absolute atomic E-state index is 12.6. The second-order valence-corrected chi connectivity index (χ2v) is 3.16. The van der Waals surface area contributed by atoms with Gasteiger partial charge in [-0.15, -0.1) is 0 Å². The second kappa shape index (κ2) is 3.69. The van der Waals surface area contributed by atoms with E-state index in [0.717, 1.165) is 6.20 Å². The zero-order chi connectivity index (χ0) is 11.8. The van der Waals surface area contributed by atoms with Crippen LogP contribution in [0, 0.1) is 0 Å². The highest BCUT2D eigenvalue weighted by Gasteiger charge is 2.37. The summed E-state index contributed by atoms with van der Waals surface area (Å²) in [6, 6.07) is 0. The van der Waals surface area contributed by atoms with E-state index in [1.165, 1.54) is 0 Å². The number of ether oxygens (including phenoxy) is 1.